The Labute approximate surface area is 131 Å². The lowest BCUT2D eigenvalue weighted by atomic mass is 10.2. The summed E-state index contributed by atoms with van der Waals surface area (Å²) in [6.07, 6.45) is 0. The van der Waals surface area contributed by atoms with E-state index in [-0.39, 0.29) is 5.69 Å². The summed E-state index contributed by atoms with van der Waals surface area (Å²) in [5.74, 6) is 0.903. The van der Waals surface area contributed by atoms with Crippen LogP contribution in [-0.2, 0) is 0 Å². The van der Waals surface area contributed by atoms with Crippen molar-refractivity contribution in [2.75, 3.05) is 0 Å². The lowest BCUT2D eigenvalue weighted by molar-refractivity contribution is -0.384. The van der Waals surface area contributed by atoms with E-state index in [1.165, 1.54) is 28.7 Å². The zero-order chi connectivity index (χ0) is 15.1. The third-order valence-electron chi connectivity index (χ3n) is 3.08. The fourth-order valence-electron chi connectivity index (χ4n) is 2.07. The van der Waals surface area contributed by atoms with Crippen LogP contribution in [0.2, 0.25) is 0 Å². The molecule has 0 aliphatic heterocycles. The molecule has 108 valence electrons. The summed E-state index contributed by atoms with van der Waals surface area (Å²) < 4.78 is 6.63. The van der Waals surface area contributed by atoms with Crippen LogP contribution in [0.15, 0.2) is 46.2 Å². The lowest BCUT2D eigenvalue weighted by Crippen LogP contribution is -1.85. The van der Waals surface area contributed by atoms with E-state index < -0.39 is 4.92 Å². The molecule has 0 fully saturated rings. The smallest absolute Gasteiger partial charge is 0.270 e. The molecule has 0 amide bonds. The monoisotopic (exact) mass is 329 g/mol. The number of thiophene rings is 2. The molecule has 1 aromatic carbocycles. The molecule has 0 aliphatic rings. The van der Waals surface area contributed by atoms with E-state index in [1.54, 1.807) is 12.1 Å². The molecule has 0 spiro atoms. The minimum Gasteiger partial charge on any atom is -0.414 e. The van der Waals surface area contributed by atoms with Crippen molar-refractivity contribution in [1.82, 2.24) is 10.2 Å². The molecule has 6 nitrogen and oxygen atoms in total. The quantitative estimate of drug-likeness (QED) is 0.405. The van der Waals surface area contributed by atoms with Gasteiger partial charge in [0.25, 0.3) is 17.5 Å². The molecule has 22 heavy (non-hydrogen) atoms. The van der Waals surface area contributed by atoms with Crippen molar-refractivity contribution in [3.8, 4) is 21.5 Å². The number of non-ortho nitro benzene ring substituents is 1. The Kier molecular flexibility index (Phi) is 2.98. The molecular weight excluding hydrogens is 322 g/mol. The Morgan fingerprint density at radius 2 is 1.91 bits per heavy atom. The average molecular weight is 329 g/mol. The van der Waals surface area contributed by atoms with Crippen LogP contribution in [0.25, 0.3) is 31.6 Å². The molecule has 0 aliphatic carbocycles. The topological polar surface area (TPSA) is 82.1 Å². The molecule has 4 rings (SSSR count). The number of hydrogen-bond acceptors (Lipinski definition) is 7. The Morgan fingerprint density at radius 3 is 2.64 bits per heavy atom. The van der Waals surface area contributed by atoms with Gasteiger partial charge in [0.2, 0.25) is 0 Å². The van der Waals surface area contributed by atoms with Crippen molar-refractivity contribution >= 4 is 38.4 Å². The number of nitrogens with zero attached hydrogens (tertiary/aromatic N) is 3. The highest BCUT2D eigenvalue weighted by atomic mass is 32.1. The maximum Gasteiger partial charge on any atom is 0.270 e. The Balaban J connectivity index is 1.76. The van der Waals surface area contributed by atoms with Gasteiger partial charge < -0.3 is 4.42 Å². The maximum absolute atomic E-state index is 10.8. The molecule has 0 N–H and O–H groups in total. The number of hydrogen-bond donors (Lipinski definition) is 0. The van der Waals surface area contributed by atoms with Crippen molar-refractivity contribution in [2.24, 2.45) is 0 Å². The summed E-state index contributed by atoms with van der Waals surface area (Å²) in [5, 5.41) is 21.7. The van der Waals surface area contributed by atoms with Crippen molar-refractivity contribution in [2.45, 2.75) is 0 Å². The molecule has 0 saturated heterocycles. The van der Waals surface area contributed by atoms with E-state index in [2.05, 4.69) is 10.2 Å². The minimum atomic E-state index is -0.404. The summed E-state index contributed by atoms with van der Waals surface area (Å²) in [6, 6.07) is 10.4. The predicted molar refractivity (Wildman–Crippen MR) is 85.1 cm³/mol. The van der Waals surface area contributed by atoms with Crippen LogP contribution in [0.4, 0.5) is 5.69 Å². The van der Waals surface area contributed by atoms with Gasteiger partial charge in [-0.1, -0.05) is 6.07 Å². The molecule has 0 bridgehead atoms. The third-order valence-corrected chi connectivity index (χ3v) is 5.04. The van der Waals surface area contributed by atoms with Gasteiger partial charge in [0.05, 0.1) is 14.7 Å². The maximum atomic E-state index is 10.8. The highest BCUT2D eigenvalue weighted by molar-refractivity contribution is 7.22. The first-order valence-electron chi connectivity index (χ1n) is 6.26. The van der Waals surface area contributed by atoms with Crippen LogP contribution < -0.4 is 0 Å². The number of rotatable bonds is 3. The Morgan fingerprint density at radius 1 is 1.09 bits per heavy atom. The molecule has 3 aromatic heterocycles. The first-order valence-corrected chi connectivity index (χ1v) is 7.96. The van der Waals surface area contributed by atoms with E-state index in [0.29, 0.717) is 11.8 Å². The predicted octanol–water partition coefficient (Wildman–Crippen LogP) is 4.59. The number of nitro benzene ring substituents is 1. The lowest BCUT2D eigenvalue weighted by Gasteiger charge is -1.89. The fourth-order valence-corrected chi connectivity index (χ4v) is 3.68. The molecule has 4 aromatic rings. The fraction of sp³-hybridized carbons (Fsp3) is 0. The number of aromatic nitrogens is 2. The molecule has 3 heterocycles. The van der Waals surface area contributed by atoms with E-state index in [1.807, 2.05) is 23.6 Å². The van der Waals surface area contributed by atoms with Crippen LogP contribution in [-0.4, -0.2) is 15.1 Å². The van der Waals surface area contributed by atoms with E-state index in [0.717, 1.165) is 19.8 Å². The van der Waals surface area contributed by atoms with Gasteiger partial charge in [0.1, 0.15) is 0 Å². The van der Waals surface area contributed by atoms with Crippen LogP contribution >= 0.6 is 22.7 Å². The second kappa shape index (κ2) is 5.00. The molecule has 8 heteroatoms. The number of benzene rings is 1. The minimum absolute atomic E-state index is 0.0710. The summed E-state index contributed by atoms with van der Waals surface area (Å²) in [6.45, 7) is 0. The van der Waals surface area contributed by atoms with Crippen molar-refractivity contribution in [3.63, 3.8) is 0 Å². The zero-order valence-corrected chi connectivity index (χ0v) is 12.6. The van der Waals surface area contributed by atoms with Gasteiger partial charge in [-0.25, -0.2) is 0 Å². The van der Waals surface area contributed by atoms with Gasteiger partial charge in [-0.3, -0.25) is 10.1 Å². The Hall–Kier alpha value is -2.58. The second-order valence-electron chi connectivity index (χ2n) is 4.48. The van der Waals surface area contributed by atoms with Crippen molar-refractivity contribution in [3.05, 3.63) is 51.9 Å². The van der Waals surface area contributed by atoms with Crippen LogP contribution in [0, 0.1) is 10.1 Å². The highest BCUT2D eigenvalue weighted by Crippen LogP contribution is 2.36. The van der Waals surface area contributed by atoms with Crippen LogP contribution in [0.5, 0.6) is 0 Å². The molecular formula is C14H7N3O3S2. The van der Waals surface area contributed by atoms with E-state index in [9.17, 15) is 10.1 Å². The zero-order valence-electron chi connectivity index (χ0n) is 10.9. The summed E-state index contributed by atoms with van der Waals surface area (Å²) >= 11 is 2.99. The van der Waals surface area contributed by atoms with Gasteiger partial charge in [-0.2, -0.15) is 0 Å². The molecule has 0 saturated carbocycles. The van der Waals surface area contributed by atoms with E-state index >= 15 is 0 Å². The highest BCUT2D eigenvalue weighted by Gasteiger charge is 2.15. The van der Waals surface area contributed by atoms with Gasteiger partial charge in [-0.15, -0.1) is 32.9 Å². The standard InChI is InChI=1S/C14H7N3O3S2/c18-17(19)9-3-4-10-8(6-9)7-12(22-10)14-16-15-13(20-14)11-2-1-5-21-11/h1-7H. The second-order valence-corrected chi connectivity index (χ2v) is 6.51. The summed E-state index contributed by atoms with van der Waals surface area (Å²) in [4.78, 5) is 12.1. The summed E-state index contributed by atoms with van der Waals surface area (Å²) in [5.41, 5.74) is 0.0710. The van der Waals surface area contributed by atoms with Gasteiger partial charge in [0, 0.05) is 22.2 Å². The van der Waals surface area contributed by atoms with Crippen molar-refractivity contribution < 1.29 is 9.34 Å². The molecule has 0 unspecified atom stereocenters. The Bertz CT molecular complexity index is 972. The molecule has 0 atom stereocenters. The molecule has 0 radical (unpaired) electrons. The number of fused-ring (bicyclic) bond motifs is 1. The average Bonchev–Trinajstić information content (AvgIpc) is 3.24. The van der Waals surface area contributed by atoms with Crippen LogP contribution in [0.3, 0.4) is 0 Å². The largest absolute Gasteiger partial charge is 0.414 e. The normalized spacial score (nSPS) is 11.1. The SMILES string of the molecule is O=[N+]([O-])c1ccc2sc(-c3nnc(-c4cccs4)o3)cc2c1. The summed E-state index contributed by atoms with van der Waals surface area (Å²) in [7, 11) is 0. The van der Waals surface area contributed by atoms with E-state index in [4.69, 9.17) is 4.42 Å². The number of nitro groups is 1. The van der Waals surface area contributed by atoms with Crippen molar-refractivity contribution in [1.29, 1.82) is 0 Å². The third kappa shape index (κ3) is 2.18. The van der Waals surface area contributed by atoms with Gasteiger partial charge >= 0.3 is 0 Å². The first-order chi connectivity index (χ1) is 10.7. The van der Waals surface area contributed by atoms with Gasteiger partial charge in [0.15, 0.2) is 0 Å². The first kappa shape index (κ1) is 13.1. The van der Waals surface area contributed by atoms with Crippen LogP contribution in [0.1, 0.15) is 0 Å². The van der Waals surface area contributed by atoms with Gasteiger partial charge in [-0.05, 0) is 23.6 Å².